The van der Waals surface area contributed by atoms with E-state index < -0.39 is 0 Å². The molecule has 1 aliphatic heterocycles. The minimum atomic E-state index is 0.129. The fourth-order valence-electron chi connectivity index (χ4n) is 2.53. The number of carbonyl (C=O) groups excluding carboxylic acids is 1. The molecule has 5 heteroatoms. The molecular weight excluding hydrogens is 332 g/mol. The Balaban J connectivity index is 1.98. The highest BCUT2D eigenvalue weighted by molar-refractivity contribution is 9.10. The summed E-state index contributed by atoms with van der Waals surface area (Å²) in [4.78, 5) is 16.9. The number of ether oxygens (including phenoxy) is 1. The highest BCUT2D eigenvalue weighted by atomic mass is 79.9. The maximum absolute atomic E-state index is 12.6. The number of aryl methyl sites for hydroxylation is 1. The van der Waals surface area contributed by atoms with Gasteiger partial charge in [-0.05, 0) is 37.6 Å². The Bertz CT molecular complexity index is 493. The molecule has 1 aromatic rings. The Kier molecular flexibility index (Phi) is 6.21. The SMILES string of the molecule is COCCN1CCCN(C(=O)c2ccc(C)c(Br)c2)CC1. The summed E-state index contributed by atoms with van der Waals surface area (Å²) in [6.07, 6.45) is 1.02. The van der Waals surface area contributed by atoms with Crippen molar-refractivity contribution in [2.45, 2.75) is 13.3 Å². The lowest BCUT2D eigenvalue weighted by Gasteiger charge is -2.22. The van der Waals surface area contributed by atoms with Gasteiger partial charge in [-0.2, -0.15) is 0 Å². The number of amides is 1. The van der Waals surface area contributed by atoms with Crippen LogP contribution in [0, 0.1) is 6.92 Å². The van der Waals surface area contributed by atoms with E-state index in [0.717, 1.165) is 61.4 Å². The lowest BCUT2D eigenvalue weighted by atomic mass is 10.1. The fraction of sp³-hybridized carbons (Fsp3) is 0.562. The first-order valence-electron chi connectivity index (χ1n) is 7.38. The Morgan fingerprint density at radius 2 is 2.10 bits per heavy atom. The van der Waals surface area contributed by atoms with Gasteiger partial charge in [0.2, 0.25) is 0 Å². The molecule has 1 aliphatic rings. The summed E-state index contributed by atoms with van der Waals surface area (Å²) in [5.74, 6) is 0.129. The molecule has 0 unspecified atom stereocenters. The Morgan fingerprint density at radius 3 is 2.81 bits per heavy atom. The van der Waals surface area contributed by atoms with Gasteiger partial charge in [0.25, 0.3) is 5.91 Å². The first-order valence-corrected chi connectivity index (χ1v) is 8.18. The minimum Gasteiger partial charge on any atom is -0.383 e. The molecule has 4 nitrogen and oxygen atoms in total. The number of methoxy groups -OCH3 is 1. The summed E-state index contributed by atoms with van der Waals surface area (Å²) in [6, 6.07) is 5.82. The summed E-state index contributed by atoms with van der Waals surface area (Å²) in [5, 5.41) is 0. The standard InChI is InChI=1S/C16H23BrN2O2/c1-13-4-5-14(12-15(13)17)16(20)19-7-3-6-18(8-9-19)10-11-21-2/h4-5,12H,3,6-11H2,1-2H3. The molecule has 1 aromatic carbocycles. The minimum absolute atomic E-state index is 0.129. The Morgan fingerprint density at radius 1 is 1.29 bits per heavy atom. The van der Waals surface area contributed by atoms with Gasteiger partial charge in [-0.3, -0.25) is 9.69 Å². The van der Waals surface area contributed by atoms with Gasteiger partial charge < -0.3 is 9.64 Å². The molecule has 0 saturated carbocycles. The largest absolute Gasteiger partial charge is 0.383 e. The van der Waals surface area contributed by atoms with E-state index in [1.165, 1.54) is 0 Å². The van der Waals surface area contributed by atoms with Crippen molar-refractivity contribution in [3.05, 3.63) is 33.8 Å². The van der Waals surface area contributed by atoms with Crippen molar-refractivity contribution in [1.29, 1.82) is 0 Å². The van der Waals surface area contributed by atoms with Crippen LogP contribution in [0.5, 0.6) is 0 Å². The number of rotatable bonds is 4. The highest BCUT2D eigenvalue weighted by Gasteiger charge is 2.20. The maximum Gasteiger partial charge on any atom is 0.253 e. The summed E-state index contributed by atoms with van der Waals surface area (Å²) in [7, 11) is 1.73. The van der Waals surface area contributed by atoms with Crippen LogP contribution in [0.4, 0.5) is 0 Å². The second-order valence-corrected chi connectivity index (χ2v) is 6.30. The molecule has 0 radical (unpaired) electrons. The zero-order valence-electron chi connectivity index (χ0n) is 12.8. The summed E-state index contributed by atoms with van der Waals surface area (Å²) in [5.41, 5.74) is 1.91. The number of nitrogens with zero attached hydrogens (tertiary/aromatic N) is 2. The van der Waals surface area contributed by atoms with Crippen LogP contribution in [-0.2, 0) is 4.74 Å². The van der Waals surface area contributed by atoms with Crippen molar-refractivity contribution >= 4 is 21.8 Å². The lowest BCUT2D eigenvalue weighted by molar-refractivity contribution is 0.0759. The lowest BCUT2D eigenvalue weighted by Crippen LogP contribution is -2.36. The molecule has 1 heterocycles. The molecule has 1 amide bonds. The summed E-state index contributed by atoms with van der Waals surface area (Å²) in [6.45, 7) is 7.28. The van der Waals surface area contributed by atoms with E-state index in [9.17, 15) is 4.79 Å². The van der Waals surface area contributed by atoms with Crippen molar-refractivity contribution in [1.82, 2.24) is 9.80 Å². The zero-order chi connectivity index (χ0) is 15.2. The third-order valence-electron chi connectivity index (χ3n) is 3.91. The van der Waals surface area contributed by atoms with E-state index in [0.29, 0.717) is 0 Å². The summed E-state index contributed by atoms with van der Waals surface area (Å²) >= 11 is 3.50. The molecule has 0 bridgehead atoms. The van der Waals surface area contributed by atoms with Gasteiger partial charge in [-0.1, -0.05) is 22.0 Å². The Labute approximate surface area is 135 Å². The molecule has 116 valence electrons. The van der Waals surface area contributed by atoms with Gasteiger partial charge in [0.05, 0.1) is 6.61 Å². The van der Waals surface area contributed by atoms with Crippen molar-refractivity contribution in [3.8, 4) is 0 Å². The van der Waals surface area contributed by atoms with Gasteiger partial charge in [0.1, 0.15) is 0 Å². The molecule has 1 fully saturated rings. The molecule has 0 N–H and O–H groups in total. The number of benzene rings is 1. The van der Waals surface area contributed by atoms with Gasteiger partial charge in [0, 0.05) is 43.3 Å². The van der Waals surface area contributed by atoms with Gasteiger partial charge >= 0.3 is 0 Å². The van der Waals surface area contributed by atoms with Crippen LogP contribution in [0.15, 0.2) is 22.7 Å². The van der Waals surface area contributed by atoms with Crippen LogP contribution in [0.25, 0.3) is 0 Å². The Hall–Kier alpha value is -0.910. The average molecular weight is 355 g/mol. The van der Waals surface area contributed by atoms with E-state index in [1.54, 1.807) is 7.11 Å². The van der Waals surface area contributed by atoms with Crippen LogP contribution in [0.3, 0.4) is 0 Å². The average Bonchev–Trinajstić information content (AvgIpc) is 2.73. The smallest absolute Gasteiger partial charge is 0.253 e. The van der Waals surface area contributed by atoms with Gasteiger partial charge in [-0.25, -0.2) is 0 Å². The van der Waals surface area contributed by atoms with E-state index >= 15 is 0 Å². The van der Waals surface area contributed by atoms with Crippen molar-refractivity contribution in [3.63, 3.8) is 0 Å². The molecule has 0 aliphatic carbocycles. The first-order chi connectivity index (χ1) is 10.1. The molecule has 21 heavy (non-hydrogen) atoms. The predicted molar refractivity (Wildman–Crippen MR) is 87.7 cm³/mol. The number of carbonyl (C=O) groups is 1. The quantitative estimate of drug-likeness (QED) is 0.832. The number of hydrogen-bond donors (Lipinski definition) is 0. The number of halogens is 1. The molecular formula is C16H23BrN2O2. The number of hydrogen-bond acceptors (Lipinski definition) is 3. The first kappa shape index (κ1) is 16.5. The molecule has 0 spiro atoms. The highest BCUT2D eigenvalue weighted by Crippen LogP contribution is 2.19. The predicted octanol–water partition coefficient (Wildman–Crippen LogP) is 2.55. The topological polar surface area (TPSA) is 32.8 Å². The van der Waals surface area contributed by atoms with Crippen LogP contribution < -0.4 is 0 Å². The molecule has 0 atom stereocenters. The van der Waals surface area contributed by atoms with E-state index in [4.69, 9.17) is 4.74 Å². The van der Waals surface area contributed by atoms with Crippen LogP contribution in [0.2, 0.25) is 0 Å². The van der Waals surface area contributed by atoms with E-state index in [-0.39, 0.29) is 5.91 Å². The summed E-state index contributed by atoms with van der Waals surface area (Å²) < 4.78 is 6.12. The van der Waals surface area contributed by atoms with E-state index in [2.05, 4.69) is 20.8 Å². The normalized spacial score (nSPS) is 16.8. The van der Waals surface area contributed by atoms with Crippen LogP contribution >= 0.6 is 15.9 Å². The van der Waals surface area contributed by atoms with Crippen molar-refractivity contribution in [2.75, 3.05) is 46.4 Å². The molecule has 2 rings (SSSR count). The monoisotopic (exact) mass is 354 g/mol. The van der Waals surface area contributed by atoms with Crippen LogP contribution in [0.1, 0.15) is 22.3 Å². The van der Waals surface area contributed by atoms with Crippen molar-refractivity contribution in [2.24, 2.45) is 0 Å². The third kappa shape index (κ3) is 4.53. The van der Waals surface area contributed by atoms with E-state index in [1.807, 2.05) is 30.0 Å². The second-order valence-electron chi connectivity index (χ2n) is 5.44. The van der Waals surface area contributed by atoms with Gasteiger partial charge in [0.15, 0.2) is 0 Å². The second kappa shape index (κ2) is 7.92. The van der Waals surface area contributed by atoms with Gasteiger partial charge in [-0.15, -0.1) is 0 Å². The molecule has 0 aromatic heterocycles. The van der Waals surface area contributed by atoms with Crippen molar-refractivity contribution < 1.29 is 9.53 Å². The molecule has 1 saturated heterocycles. The zero-order valence-corrected chi connectivity index (χ0v) is 14.4. The fourth-order valence-corrected chi connectivity index (χ4v) is 2.91. The maximum atomic E-state index is 12.6. The van der Waals surface area contributed by atoms with Crippen LogP contribution in [-0.4, -0.2) is 62.1 Å². The third-order valence-corrected chi connectivity index (χ3v) is 4.76.